The van der Waals surface area contributed by atoms with E-state index in [-0.39, 0.29) is 16.7 Å². The minimum Gasteiger partial charge on any atom is -0.388 e. The van der Waals surface area contributed by atoms with Crippen LogP contribution >= 0.6 is 11.8 Å². The van der Waals surface area contributed by atoms with E-state index in [0.29, 0.717) is 6.54 Å². The van der Waals surface area contributed by atoms with Gasteiger partial charge in [-0.3, -0.25) is 0 Å². The van der Waals surface area contributed by atoms with Crippen LogP contribution in [0.5, 0.6) is 0 Å². The van der Waals surface area contributed by atoms with Gasteiger partial charge in [0.05, 0.1) is 5.60 Å². The van der Waals surface area contributed by atoms with Gasteiger partial charge in [0.15, 0.2) is 0 Å². The summed E-state index contributed by atoms with van der Waals surface area (Å²) in [6.07, 6.45) is 4.77. The normalized spacial score (nSPS) is 18.8. The Morgan fingerprint density at radius 3 is 2.25 bits per heavy atom. The zero-order valence-corrected chi connectivity index (χ0v) is 11.9. The number of hydrogen-bond donors (Lipinski definition) is 2. The van der Waals surface area contributed by atoms with Crippen LogP contribution in [-0.4, -0.2) is 22.8 Å². The number of nitrogens with one attached hydrogen (secondary N) is 1. The molecule has 1 saturated carbocycles. The first-order valence-electron chi connectivity index (χ1n) is 6.68. The lowest BCUT2D eigenvalue weighted by molar-refractivity contribution is -0.0328. The zero-order chi connectivity index (χ0) is 14.6. The molecule has 0 saturated heterocycles. The second-order valence-electron chi connectivity index (χ2n) is 5.21. The number of thioether (sulfide) groups is 1. The fourth-order valence-corrected chi connectivity index (χ4v) is 2.97. The zero-order valence-electron chi connectivity index (χ0n) is 11.0. The fraction of sp³-hybridized carbons (Fsp3) is 0.571. The molecule has 0 atom stereocenters. The van der Waals surface area contributed by atoms with E-state index >= 15 is 0 Å². The van der Waals surface area contributed by atoms with Crippen molar-refractivity contribution in [3.05, 3.63) is 24.3 Å². The summed E-state index contributed by atoms with van der Waals surface area (Å²) >= 11 is -0.122. The molecule has 0 amide bonds. The maximum Gasteiger partial charge on any atom is 0.446 e. The number of alkyl halides is 3. The highest BCUT2D eigenvalue weighted by atomic mass is 32.2. The average Bonchev–Trinajstić information content (AvgIpc) is 2.37. The van der Waals surface area contributed by atoms with Gasteiger partial charge in [-0.05, 0) is 48.9 Å². The Hall–Kier alpha value is -0.880. The first kappa shape index (κ1) is 15.5. The molecule has 0 aromatic heterocycles. The first-order valence-corrected chi connectivity index (χ1v) is 7.50. The van der Waals surface area contributed by atoms with E-state index in [2.05, 4.69) is 5.32 Å². The molecule has 0 spiro atoms. The molecule has 2 N–H and O–H groups in total. The Morgan fingerprint density at radius 1 is 1.10 bits per heavy atom. The maximum absolute atomic E-state index is 12.2. The number of aliphatic hydroxyl groups is 1. The Labute approximate surface area is 120 Å². The summed E-state index contributed by atoms with van der Waals surface area (Å²) in [5.41, 5.74) is -4.21. The second-order valence-corrected chi connectivity index (χ2v) is 6.35. The van der Waals surface area contributed by atoms with Gasteiger partial charge < -0.3 is 10.4 Å². The van der Waals surface area contributed by atoms with Gasteiger partial charge in [-0.1, -0.05) is 19.3 Å². The van der Waals surface area contributed by atoms with E-state index in [9.17, 15) is 18.3 Å². The summed E-state index contributed by atoms with van der Waals surface area (Å²) in [5, 5.41) is 13.4. The van der Waals surface area contributed by atoms with Crippen molar-refractivity contribution in [3.63, 3.8) is 0 Å². The predicted molar refractivity (Wildman–Crippen MR) is 74.9 cm³/mol. The molecule has 0 heterocycles. The largest absolute Gasteiger partial charge is 0.446 e. The molecule has 6 heteroatoms. The van der Waals surface area contributed by atoms with Crippen molar-refractivity contribution >= 4 is 17.4 Å². The fourth-order valence-electron chi connectivity index (χ4n) is 2.43. The van der Waals surface area contributed by atoms with Gasteiger partial charge in [0.2, 0.25) is 0 Å². The van der Waals surface area contributed by atoms with Gasteiger partial charge in [0, 0.05) is 17.1 Å². The van der Waals surface area contributed by atoms with E-state index in [1.165, 1.54) is 12.1 Å². The summed E-state index contributed by atoms with van der Waals surface area (Å²) in [6, 6.07) is 6.09. The SMILES string of the molecule is OC1(CNc2ccc(SC(F)(F)F)cc2)CCCCC1. The molecule has 1 aliphatic rings. The van der Waals surface area contributed by atoms with E-state index in [4.69, 9.17) is 0 Å². The molecule has 2 nitrogen and oxygen atoms in total. The molecule has 1 fully saturated rings. The summed E-state index contributed by atoms with van der Waals surface area (Å²) in [4.78, 5) is 0.166. The minimum atomic E-state index is -4.26. The topological polar surface area (TPSA) is 32.3 Å². The first-order chi connectivity index (χ1) is 9.36. The quantitative estimate of drug-likeness (QED) is 0.808. The van der Waals surface area contributed by atoms with Crippen molar-refractivity contribution in [2.75, 3.05) is 11.9 Å². The molecule has 0 unspecified atom stereocenters. The lowest BCUT2D eigenvalue weighted by Crippen LogP contribution is -2.38. The van der Waals surface area contributed by atoms with Crippen LogP contribution in [0.2, 0.25) is 0 Å². The Bertz CT molecular complexity index is 427. The number of hydrogen-bond acceptors (Lipinski definition) is 3. The van der Waals surface area contributed by atoms with Crippen LogP contribution in [0.4, 0.5) is 18.9 Å². The summed E-state index contributed by atoms with van der Waals surface area (Å²) in [5.74, 6) is 0. The molecule has 20 heavy (non-hydrogen) atoms. The Kier molecular flexibility index (Phi) is 4.86. The van der Waals surface area contributed by atoms with E-state index in [1.54, 1.807) is 12.1 Å². The molecule has 0 bridgehead atoms. The van der Waals surface area contributed by atoms with Gasteiger partial charge in [-0.25, -0.2) is 0 Å². The predicted octanol–water partition coefficient (Wildman–Crippen LogP) is 4.41. The van der Waals surface area contributed by atoms with Gasteiger partial charge in [0.1, 0.15) is 0 Å². The van der Waals surface area contributed by atoms with Crippen LogP contribution in [0.3, 0.4) is 0 Å². The molecular formula is C14H18F3NOS. The monoisotopic (exact) mass is 305 g/mol. The summed E-state index contributed by atoms with van der Waals surface area (Å²) < 4.78 is 36.6. The molecule has 1 aromatic carbocycles. The standard InChI is InChI=1S/C14H18F3NOS/c15-14(16,17)20-12-6-4-11(5-7-12)18-10-13(19)8-2-1-3-9-13/h4-7,18-19H,1-3,8-10H2. The molecule has 2 rings (SSSR count). The Morgan fingerprint density at radius 2 is 1.70 bits per heavy atom. The van der Waals surface area contributed by atoms with Crippen molar-refractivity contribution in [1.29, 1.82) is 0 Å². The second kappa shape index (κ2) is 6.26. The van der Waals surface area contributed by atoms with Crippen molar-refractivity contribution in [3.8, 4) is 0 Å². The van der Waals surface area contributed by atoms with Crippen LogP contribution in [0.1, 0.15) is 32.1 Å². The molecule has 1 aromatic rings. The highest BCUT2D eigenvalue weighted by Gasteiger charge is 2.30. The highest BCUT2D eigenvalue weighted by Crippen LogP contribution is 2.37. The van der Waals surface area contributed by atoms with E-state index in [0.717, 1.165) is 37.8 Å². The smallest absolute Gasteiger partial charge is 0.388 e. The van der Waals surface area contributed by atoms with Crippen LogP contribution in [0.25, 0.3) is 0 Å². The van der Waals surface area contributed by atoms with E-state index in [1.807, 2.05) is 0 Å². The molecule has 0 aliphatic heterocycles. The maximum atomic E-state index is 12.2. The van der Waals surface area contributed by atoms with Gasteiger partial charge in [0.25, 0.3) is 0 Å². The third-order valence-corrected chi connectivity index (χ3v) is 4.23. The third kappa shape index (κ3) is 4.90. The Balaban J connectivity index is 1.87. The lowest BCUT2D eigenvalue weighted by atomic mass is 9.85. The van der Waals surface area contributed by atoms with Gasteiger partial charge in [-0.15, -0.1) is 0 Å². The number of anilines is 1. The van der Waals surface area contributed by atoms with Crippen molar-refractivity contribution in [1.82, 2.24) is 0 Å². The average molecular weight is 305 g/mol. The van der Waals surface area contributed by atoms with Crippen LogP contribution in [-0.2, 0) is 0 Å². The van der Waals surface area contributed by atoms with Crippen molar-refractivity contribution in [2.45, 2.75) is 48.1 Å². The van der Waals surface area contributed by atoms with Crippen molar-refractivity contribution < 1.29 is 18.3 Å². The van der Waals surface area contributed by atoms with Crippen LogP contribution < -0.4 is 5.32 Å². The van der Waals surface area contributed by atoms with Gasteiger partial charge in [-0.2, -0.15) is 13.2 Å². The number of rotatable bonds is 4. The van der Waals surface area contributed by atoms with Crippen molar-refractivity contribution in [2.24, 2.45) is 0 Å². The van der Waals surface area contributed by atoms with Gasteiger partial charge >= 0.3 is 5.51 Å². The minimum absolute atomic E-state index is 0.122. The molecule has 0 radical (unpaired) electrons. The highest BCUT2D eigenvalue weighted by molar-refractivity contribution is 8.00. The van der Waals surface area contributed by atoms with Crippen LogP contribution in [0, 0.1) is 0 Å². The number of halogens is 3. The third-order valence-electron chi connectivity index (χ3n) is 3.49. The van der Waals surface area contributed by atoms with Crippen LogP contribution in [0.15, 0.2) is 29.2 Å². The molecule has 112 valence electrons. The summed E-state index contributed by atoms with van der Waals surface area (Å²) in [6.45, 7) is 0.443. The molecular weight excluding hydrogens is 287 g/mol. The lowest BCUT2D eigenvalue weighted by Gasteiger charge is -2.32. The van der Waals surface area contributed by atoms with E-state index < -0.39 is 11.1 Å². The molecule has 1 aliphatic carbocycles. The number of benzene rings is 1. The summed E-state index contributed by atoms with van der Waals surface area (Å²) in [7, 11) is 0.